The molecule has 0 unspecified atom stereocenters. The van der Waals surface area contributed by atoms with Crippen LogP contribution in [0, 0.1) is 0 Å². The maximum Gasteiger partial charge on any atom is 0.250 e. The summed E-state index contributed by atoms with van der Waals surface area (Å²) in [5, 5.41) is 3.03. The molecule has 0 bridgehead atoms. The van der Waals surface area contributed by atoms with E-state index in [1.54, 1.807) is 4.90 Å². The van der Waals surface area contributed by atoms with Gasteiger partial charge in [0.15, 0.2) is 0 Å². The van der Waals surface area contributed by atoms with Crippen molar-refractivity contribution in [3.8, 4) is 0 Å². The van der Waals surface area contributed by atoms with Crippen molar-refractivity contribution in [2.45, 2.75) is 50.6 Å². The molecule has 2 heterocycles. The average Bonchev–Trinajstić information content (AvgIpc) is 3.08. The monoisotopic (exact) mass is 357 g/mol. The van der Waals surface area contributed by atoms with E-state index in [0.717, 1.165) is 43.6 Å². The summed E-state index contributed by atoms with van der Waals surface area (Å²) >= 11 is 0. The lowest BCUT2D eigenvalue weighted by molar-refractivity contribution is -0.130. The van der Waals surface area contributed by atoms with Gasteiger partial charge >= 0.3 is 0 Å². The first-order valence-corrected chi connectivity index (χ1v) is 9.50. The third-order valence-corrected chi connectivity index (χ3v) is 6.07. The van der Waals surface area contributed by atoms with Crippen molar-refractivity contribution >= 4 is 23.2 Å². The third kappa shape index (κ3) is 2.72. The SMILES string of the molecule is CC1(C)COCCN1CC(=O)N1c2ccccc2NC(=O)C12CCCC2. The Balaban J connectivity index is 1.69. The highest BCUT2D eigenvalue weighted by Gasteiger charge is 2.52. The molecule has 0 radical (unpaired) electrons. The summed E-state index contributed by atoms with van der Waals surface area (Å²) in [4.78, 5) is 30.4. The van der Waals surface area contributed by atoms with Crippen molar-refractivity contribution in [1.29, 1.82) is 0 Å². The number of hydrogen-bond acceptors (Lipinski definition) is 4. The van der Waals surface area contributed by atoms with E-state index in [4.69, 9.17) is 4.74 Å². The predicted molar refractivity (Wildman–Crippen MR) is 100 cm³/mol. The minimum absolute atomic E-state index is 0.00387. The van der Waals surface area contributed by atoms with Crippen molar-refractivity contribution in [1.82, 2.24) is 4.90 Å². The van der Waals surface area contributed by atoms with Crippen LogP contribution in [0.4, 0.5) is 11.4 Å². The van der Waals surface area contributed by atoms with Crippen LogP contribution in [0.5, 0.6) is 0 Å². The zero-order valence-corrected chi connectivity index (χ0v) is 15.6. The van der Waals surface area contributed by atoms with Crippen molar-refractivity contribution < 1.29 is 14.3 Å². The van der Waals surface area contributed by atoms with Crippen molar-refractivity contribution in [2.75, 3.05) is 36.5 Å². The molecule has 1 spiro atoms. The van der Waals surface area contributed by atoms with Crippen LogP contribution in [0.3, 0.4) is 0 Å². The molecule has 2 fully saturated rings. The minimum Gasteiger partial charge on any atom is -0.378 e. The topological polar surface area (TPSA) is 61.9 Å². The number of amides is 2. The van der Waals surface area contributed by atoms with Crippen LogP contribution in [0.1, 0.15) is 39.5 Å². The molecular weight excluding hydrogens is 330 g/mol. The van der Waals surface area contributed by atoms with E-state index in [2.05, 4.69) is 24.1 Å². The van der Waals surface area contributed by atoms with Gasteiger partial charge in [0.2, 0.25) is 5.91 Å². The smallest absolute Gasteiger partial charge is 0.250 e. The molecule has 1 aliphatic carbocycles. The van der Waals surface area contributed by atoms with Gasteiger partial charge < -0.3 is 10.1 Å². The Bertz CT molecular complexity index is 725. The first-order valence-electron chi connectivity index (χ1n) is 9.50. The molecule has 2 aliphatic heterocycles. The first kappa shape index (κ1) is 17.5. The molecule has 1 saturated heterocycles. The Kier molecular flexibility index (Phi) is 4.28. The van der Waals surface area contributed by atoms with Gasteiger partial charge in [-0.3, -0.25) is 19.4 Å². The Morgan fingerprint density at radius 1 is 1.23 bits per heavy atom. The number of nitrogens with one attached hydrogen (secondary N) is 1. The number of ether oxygens (including phenoxy) is 1. The maximum absolute atomic E-state index is 13.5. The summed E-state index contributed by atoms with van der Waals surface area (Å²) in [5.74, 6) is -0.0348. The third-order valence-electron chi connectivity index (χ3n) is 6.07. The van der Waals surface area contributed by atoms with E-state index >= 15 is 0 Å². The molecule has 1 aromatic carbocycles. The first-order chi connectivity index (χ1) is 12.4. The van der Waals surface area contributed by atoms with E-state index in [0.29, 0.717) is 19.8 Å². The van der Waals surface area contributed by atoms with E-state index in [1.165, 1.54) is 0 Å². The van der Waals surface area contributed by atoms with E-state index in [-0.39, 0.29) is 17.4 Å². The lowest BCUT2D eigenvalue weighted by Gasteiger charge is -2.47. The number of morpholine rings is 1. The molecular formula is C20H27N3O3. The molecule has 140 valence electrons. The molecule has 1 aromatic rings. The predicted octanol–water partition coefficient (Wildman–Crippen LogP) is 2.40. The Morgan fingerprint density at radius 3 is 2.69 bits per heavy atom. The number of fused-ring (bicyclic) bond motifs is 1. The van der Waals surface area contributed by atoms with Crippen molar-refractivity contribution in [2.24, 2.45) is 0 Å². The highest BCUT2D eigenvalue weighted by atomic mass is 16.5. The maximum atomic E-state index is 13.5. The van der Waals surface area contributed by atoms with Crippen molar-refractivity contribution in [3.05, 3.63) is 24.3 Å². The number of hydrogen-bond donors (Lipinski definition) is 1. The Labute approximate surface area is 154 Å². The van der Waals surface area contributed by atoms with Crippen LogP contribution in [0.2, 0.25) is 0 Å². The molecule has 2 amide bonds. The fraction of sp³-hybridized carbons (Fsp3) is 0.600. The fourth-order valence-corrected chi connectivity index (χ4v) is 4.55. The van der Waals surface area contributed by atoms with Crippen LogP contribution in [0.15, 0.2) is 24.3 Å². The van der Waals surface area contributed by atoms with Gasteiger partial charge in [0, 0.05) is 12.1 Å². The number of nitrogens with zero attached hydrogens (tertiary/aromatic N) is 2. The molecule has 1 saturated carbocycles. The molecule has 0 aromatic heterocycles. The second-order valence-corrected chi connectivity index (χ2v) is 8.23. The van der Waals surface area contributed by atoms with Crippen LogP contribution >= 0.6 is 0 Å². The minimum atomic E-state index is -0.734. The summed E-state index contributed by atoms with van der Waals surface area (Å²) in [6, 6.07) is 7.63. The summed E-state index contributed by atoms with van der Waals surface area (Å²) in [7, 11) is 0. The van der Waals surface area contributed by atoms with E-state index in [1.807, 2.05) is 24.3 Å². The van der Waals surface area contributed by atoms with Gasteiger partial charge in [-0.1, -0.05) is 25.0 Å². The number of anilines is 2. The van der Waals surface area contributed by atoms with Crippen molar-refractivity contribution in [3.63, 3.8) is 0 Å². The summed E-state index contributed by atoms with van der Waals surface area (Å²) in [6.45, 7) is 6.48. The number of para-hydroxylation sites is 2. The second kappa shape index (κ2) is 6.35. The number of rotatable bonds is 2. The largest absolute Gasteiger partial charge is 0.378 e. The lowest BCUT2D eigenvalue weighted by atomic mass is 9.89. The number of benzene rings is 1. The molecule has 0 atom stereocenters. The zero-order chi connectivity index (χ0) is 18.4. The highest BCUT2D eigenvalue weighted by Crippen LogP contribution is 2.45. The van der Waals surface area contributed by atoms with Gasteiger partial charge in [0.05, 0.1) is 31.1 Å². The van der Waals surface area contributed by atoms with Gasteiger partial charge in [-0.25, -0.2) is 0 Å². The number of carbonyl (C=O) groups is 2. The standard InChI is InChI=1S/C20H27N3O3/c1-19(2)14-26-12-11-22(19)13-17(24)23-16-8-4-3-7-15(16)21-18(25)20(23)9-5-6-10-20/h3-4,7-8H,5-6,9-14H2,1-2H3,(H,21,25). The van der Waals surface area contributed by atoms with Gasteiger partial charge in [0.1, 0.15) is 5.54 Å². The fourth-order valence-electron chi connectivity index (χ4n) is 4.55. The van der Waals surface area contributed by atoms with Crippen LogP contribution in [-0.2, 0) is 14.3 Å². The van der Waals surface area contributed by atoms with Crippen LogP contribution in [-0.4, -0.2) is 54.1 Å². The summed E-state index contributed by atoms with van der Waals surface area (Å²) in [5.41, 5.74) is 0.630. The number of carbonyl (C=O) groups excluding carboxylic acids is 2. The Hall–Kier alpha value is -1.92. The van der Waals surface area contributed by atoms with Gasteiger partial charge in [-0.15, -0.1) is 0 Å². The molecule has 3 aliphatic rings. The van der Waals surface area contributed by atoms with Crippen LogP contribution < -0.4 is 10.2 Å². The van der Waals surface area contributed by atoms with Gasteiger partial charge in [0.25, 0.3) is 5.91 Å². The summed E-state index contributed by atoms with van der Waals surface area (Å²) < 4.78 is 5.58. The molecule has 6 heteroatoms. The zero-order valence-electron chi connectivity index (χ0n) is 15.6. The lowest BCUT2D eigenvalue weighted by Crippen LogP contribution is -2.64. The molecule has 6 nitrogen and oxygen atoms in total. The average molecular weight is 357 g/mol. The Morgan fingerprint density at radius 2 is 1.96 bits per heavy atom. The summed E-state index contributed by atoms with van der Waals surface area (Å²) in [6.07, 6.45) is 3.40. The normalized spacial score (nSPS) is 24.4. The van der Waals surface area contributed by atoms with Crippen LogP contribution in [0.25, 0.3) is 0 Å². The molecule has 26 heavy (non-hydrogen) atoms. The molecule has 1 N–H and O–H groups in total. The van der Waals surface area contributed by atoms with Gasteiger partial charge in [-0.2, -0.15) is 0 Å². The molecule has 4 rings (SSSR count). The van der Waals surface area contributed by atoms with E-state index in [9.17, 15) is 9.59 Å². The van der Waals surface area contributed by atoms with E-state index < -0.39 is 5.54 Å². The second-order valence-electron chi connectivity index (χ2n) is 8.23. The van der Waals surface area contributed by atoms with Gasteiger partial charge in [-0.05, 0) is 38.8 Å². The highest BCUT2D eigenvalue weighted by molar-refractivity contribution is 6.15. The quantitative estimate of drug-likeness (QED) is 0.883.